The van der Waals surface area contributed by atoms with Gasteiger partial charge in [0.1, 0.15) is 0 Å². The number of nitrogens with one attached hydrogen (secondary N) is 1. The second-order valence-corrected chi connectivity index (χ2v) is 5.07. The normalized spacial score (nSPS) is 10.1. The van der Waals surface area contributed by atoms with E-state index < -0.39 is 5.97 Å². The first-order chi connectivity index (χ1) is 9.15. The first kappa shape index (κ1) is 13.3. The first-order valence-electron chi connectivity index (χ1n) is 5.76. The molecular formula is C14H13NO3S. The maximum absolute atomic E-state index is 11.7. The van der Waals surface area contributed by atoms with Gasteiger partial charge < -0.3 is 10.4 Å². The number of carboxylic acids is 1. The molecule has 0 bridgehead atoms. The highest BCUT2D eigenvalue weighted by atomic mass is 32.1. The van der Waals surface area contributed by atoms with Crippen LogP contribution in [0.15, 0.2) is 41.8 Å². The minimum atomic E-state index is -0.951. The monoisotopic (exact) mass is 275 g/mol. The Morgan fingerprint density at radius 2 is 1.89 bits per heavy atom. The smallest absolute Gasteiger partial charge is 0.335 e. The molecule has 5 heteroatoms. The summed E-state index contributed by atoms with van der Waals surface area (Å²) >= 11 is 1.55. The van der Waals surface area contributed by atoms with Crippen molar-refractivity contribution in [3.8, 4) is 0 Å². The fourth-order valence-electron chi connectivity index (χ4n) is 1.60. The van der Waals surface area contributed by atoms with E-state index in [2.05, 4.69) is 5.32 Å². The predicted molar refractivity (Wildman–Crippen MR) is 73.3 cm³/mol. The van der Waals surface area contributed by atoms with E-state index in [1.54, 1.807) is 23.5 Å². The lowest BCUT2D eigenvalue weighted by molar-refractivity contribution is -0.120. The number of amides is 1. The molecule has 0 fully saturated rings. The van der Waals surface area contributed by atoms with Crippen molar-refractivity contribution >= 4 is 23.2 Å². The van der Waals surface area contributed by atoms with Crippen LogP contribution in [0.5, 0.6) is 0 Å². The summed E-state index contributed by atoms with van der Waals surface area (Å²) in [6, 6.07) is 10.3. The highest BCUT2D eigenvalue weighted by Gasteiger charge is 2.05. The number of carbonyl (C=O) groups is 2. The largest absolute Gasteiger partial charge is 0.478 e. The van der Waals surface area contributed by atoms with E-state index in [4.69, 9.17) is 5.11 Å². The van der Waals surface area contributed by atoms with E-state index in [9.17, 15) is 9.59 Å². The molecule has 4 nitrogen and oxygen atoms in total. The summed E-state index contributed by atoms with van der Waals surface area (Å²) in [6.45, 7) is 0.407. The van der Waals surface area contributed by atoms with Gasteiger partial charge in [-0.1, -0.05) is 18.2 Å². The number of carbonyl (C=O) groups excluding carboxylic acids is 1. The Morgan fingerprint density at radius 1 is 1.16 bits per heavy atom. The minimum Gasteiger partial charge on any atom is -0.478 e. The molecular weight excluding hydrogens is 262 g/mol. The van der Waals surface area contributed by atoms with Gasteiger partial charge >= 0.3 is 5.97 Å². The number of aromatic carboxylic acids is 1. The van der Waals surface area contributed by atoms with Gasteiger partial charge in [-0.2, -0.15) is 0 Å². The van der Waals surface area contributed by atoms with Gasteiger partial charge in [0.2, 0.25) is 5.91 Å². The Hall–Kier alpha value is -2.14. The van der Waals surface area contributed by atoms with Crippen LogP contribution in [0.25, 0.3) is 0 Å². The lowest BCUT2D eigenvalue weighted by atomic mass is 10.1. The third-order valence-electron chi connectivity index (χ3n) is 2.61. The lowest BCUT2D eigenvalue weighted by Gasteiger charge is -2.05. The number of benzene rings is 1. The summed E-state index contributed by atoms with van der Waals surface area (Å²) < 4.78 is 0. The number of rotatable bonds is 5. The summed E-state index contributed by atoms with van der Waals surface area (Å²) in [5.41, 5.74) is 1.12. The lowest BCUT2D eigenvalue weighted by Crippen LogP contribution is -2.24. The van der Waals surface area contributed by atoms with Crippen LogP contribution in [0.2, 0.25) is 0 Å². The predicted octanol–water partition coefficient (Wildman–Crippen LogP) is 2.31. The third kappa shape index (κ3) is 3.93. The van der Waals surface area contributed by atoms with Crippen molar-refractivity contribution in [2.24, 2.45) is 0 Å². The van der Waals surface area contributed by atoms with Gasteiger partial charge in [0.15, 0.2) is 0 Å². The molecule has 98 valence electrons. The van der Waals surface area contributed by atoms with E-state index in [0.29, 0.717) is 13.0 Å². The molecule has 1 aromatic carbocycles. The zero-order valence-corrected chi connectivity index (χ0v) is 10.9. The Kier molecular flexibility index (Phi) is 4.30. The summed E-state index contributed by atoms with van der Waals surface area (Å²) in [5, 5.41) is 13.5. The second kappa shape index (κ2) is 6.15. The number of hydrogen-bond donors (Lipinski definition) is 2. The molecule has 1 aromatic heterocycles. The number of carboxylic acid groups (broad SMARTS) is 1. The Labute approximate surface area is 114 Å². The van der Waals surface area contributed by atoms with Crippen LogP contribution in [-0.2, 0) is 17.8 Å². The summed E-state index contributed by atoms with van der Waals surface area (Å²) in [4.78, 5) is 23.4. The van der Waals surface area contributed by atoms with Crippen molar-refractivity contribution < 1.29 is 14.7 Å². The first-order valence-corrected chi connectivity index (χ1v) is 6.64. The van der Waals surface area contributed by atoms with Crippen molar-refractivity contribution in [2.75, 3.05) is 0 Å². The average molecular weight is 275 g/mol. The van der Waals surface area contributed by atoms with Gasteiger partial charge in [0.25, 0.3) is 0 Å². The van der Waals surface area contributed by atoms with Crippen LogP contribution in [0.1, 0.15) is 20.8 Å². The summed E-state index contributed by atoms with van der Waals surface area (Å²) in [7, 11) is 0. The maximum Gasteiger partial charge on any atom is 0.335 e. The van der Waals surface area contributed by atoms with Crippen molar-refractivity contribution in [3.63, 3.8) is 0 Å². The molecule has 0 saturated carbocycles. The molecule has 0 spiro atoms. The molecule has 0 saturated heterocycles. The van der Waals surface area contributed by atoms with Crippen LogP contribution in [0.3, 0.4) is 0 Å². The van der Waals surface area contributed by atoms with Gasteiger partial charge in [-0.15, -0.1) is 11.3 Å². The third-order valence-corrected chi connectivity index (χ3v) is 3.48. The van der Waals surface area contributed by atoms with Crippen LogP contribution < -0.4 is 5.32 Å². The summed E-state index contributed by atoms with van der Waals surface area (Å²) in [5.74, 6) is -0.988. The van der Waals surface area contributed by atoms with E-state index in [1.807, 2.05) is 17.5 Å². The molecule has 0 aliphatic heterocycles. The SMILES string of the molecule is O=C(Cc1cccs1)NCc1ccc(C(=O)O)cc1. The van der Waals surface area contributed by atoms with E-state index in [-0.39, 0.29) is 11.5 Å². The fourth-order valence-corrected chi connectivity index (χ4v) is 2.30. The molecule has 0 aliphatic rings. The molecule has 0 aliphatic carbocycles. The molecule has 2 rings (SSSR count). The molecule has 0 atom stereocenters. The van der Waals surface area contributed by atoms with Gasteiger partial charge in [-0.25, -0.2) is 4.79 Å². The van der Waals surface area contributed by atoms with Crippen molar-refractivity contribution in [2.45, 2.75) is 13.0 Å². The van der Waals surface area contributed by atoms with Crippen LogP contribution in [0.4, 0.5) is 0 Å². The molecule has 1 amide bonds. The summed E-state index contributed by atoms with van der Waals surface area (Å²) in [6.07, 6.45) is 0.380. The molecule has 19 heavy (non-hydrogen) atoms. The Bertz CT molecular complexity index is 561. The highest BCUT2D eigenvalue weighted by Crippen LogP contribution is 2.09. The molecule has 1 heterocycles. The second-order valence-electron chi connectivity index (χ2n) is 4.03. The number of hydrogen-bond acceptors (Lipinski definition) is 3. The van der Waals surface area contributed by atoms with Crippen molar-refractivity contribution in [3.05, 3.63) is 57.8 Å². The Morgan fingerprint density at radius 3 is 2.47 bits per heavy atom. The molecule has 2 aromatic rings. The number of thiophene rings is 1. The zero-order chi connectivity index (χ0) is 13.7. The highest BCUT2D eigenvalue weighted by molar-refractivity contribution is 7.10. The van der Waals surface area contributed by atoms with Gasteiger partial charge in [0.05, 0.1) is 12.0 Å². The van der Waals surface area contributed by atoms with Crippen molar-refractivity contribution in [1.29, 1.82) is 0 Å². The topological polar surface area (TPSA) is 66.4 Å². The standard InChI is InChI=1S/C14H13NO3S/c16-13(8-12-2-1-7-19-12)15-9-10-3-5-11(6-4-10)14(17)18/h1-7H,8-9H2,(H,15,16)(H,17,18). The van der Waals surface area contributed by atoms with Crippen LogP contribution in [-0.4, -0.2) is 17.0 Å². The van der Waals surface area contributed by atoms with E-state index in [1.165, 1.54) is 12.1 Å². The quantitative estimate of drug-likeness (QED) is 0.880. The van der Waals surface area contributed by atoms with E-state index in [0.717, 1.165) is 10.4 Å². The average Bonchev–Trinajstić information content (AvgIpc) is 2.89. The van der Waals surface area contributed by atoms with Gasteiger partial charge in [-0.3, -0.25) is 4.79 Å². The fraction of sp³-hybridized carbons (Fsp3) is 0.143. The van der Waals surface area contributed by atoms with E-state index >= 15 is 0 Å². The van der Waals surface area contributed by atoms with Gasteiger partial charge in [-0.05, 0) is 29.1 Å². The molecule has 2 N–H and O–H groups in total. The zero-order valence-electron chi connectivity index (χ0n) is 10.1. The molecule has 0 radical (unpaired) electrons. The van der Waals surface area contributed by atoms with Gasteiger partial charge in [0, 0.05) is 11.4 Å². The van der Waals surface area contributed by atoms with Crippen LogP contribution in [0, 0.1) is 0 Å². The maximum atomic E-state index is 11.7. The minimum absolute atomic E-state index is 0.0373. The van der Waals surface area contributed by atoms with Crippen LogP contribution >= 0.6 is 11.3 Å². The Balaban J connectivity index is 1.84. The molecule has 0 unspecified atom stereocenters. The van der Waals surface area contributed by atoms with Crippen molar-refractivity contribution in [1.82, 2.24) is 5.32 Å².